The molecule has 0 saturated heterocycles. The molecule has 0 aliphatic carbocycles. The number of hydrogen-bond acceptors (Lipinski definition) is 4. The molecule has 0 saturated carbocycles. The number of aryl methyl sites for hydroxylation is 1. The molecule has 2 heterocycles. The average Bonchev–Trinajstić information content (AvgIpc) is 3.00. The minimum atomic E-state index is -0.383. The molecule has 2 aromatic carbocycles. The van der Waals surface area contributed by atoms with Gasteiger partial charge in [-0.15, -0.1) is 0 Å². The molecule has 0 bridgehead atoms. The first kappa shape index (κ1) is 16.5. The first-order valence-electron chi connectivity index (χ1n) is 7.95. The number of carbonyl (C=O) groups excluding carboxylic acids is 1. The molecule has 4 aromatic rings. The van der Waals surface area contributed by atoms with Crippen LogP contribution in [-0.4, -0.2) is 15.5 Å². The van der Waals surface area contributed by atoms with Crippen molar-refractivity contribution in [3.63, 3.8) is 0 Å². The van der Waals surface area contributed by atoms with Crippen LogP contribution in [0.4, 0.5) is 5.69 Å². The van der Waals surface area contributed by atoms with E-state index in [0.717, 1.165) is 15.4 Å². The summed E-state index contributed by atoms with van der Waals surface area (Å²) in [4.78, 5) is 29.2. The third-order valence-electron chi connectivity index (χ3n) is 4.12. The minimum Gasteiger partial charge on any atom is -0.448 e. The van der Waals surface area contributed by atoms with Gasteiger partial charge in [0.2, 0.25) is 11.5 Å². The smallest absolute Gasteiger partial charge is 0.297 e. The van der Waals surface area contributed by atoms with Gasteiger partial charge < -0.3 is 9.73 Å². The number of para-hydroxylation sites is 1. The Kier molecular flexibility index (Phi) is 4.08. The summed E-state index contributed by atoms with van der Waals surface area (Å²) in [6.07, 6.45) is 1.37. The van der Waals surface area contributed by atoms with Crippen molar-refractivity contribution in [2.45, 2.75) is 13.5 Å². The lowest BCUT2D eigenvalue weighted by Crippen LogP contribution is -2.27. The standard InChI is InChI=1S/C19H14BrN3O3/c1-11-6-7-12(8-14(11)20)22-16(24)9-23-10-21-17-13-4-2-3-5-15(13)26-18(17)19(23)25/h2-8,10H,9H2,1H3,(H,22,24). The van der Waals surface area contributed by atoms with Crippen LogP contribution in [0, 0.1) is 6.92 Å². The number of fused-ring (bicyclic) bond motifs is 3. The highest BCUT2D eigenvalue weighted by atomic mass is 79.9. The number of halogens is 1. The van der Waals surface area contributed by atoms with Crippen LogP contribution in [-0.2, 0) is 11.3 Å². The van der Waals surface area contributed by atoms with Gasteiger partial charge in [0, 0.05) is 15.5 Å². The molecule has 0 radical (unpaired) electrons. The van der Waals surface area contributed by atoms with E-state index in [-0.39, 0.29) is 23.6 Å². The van der Waals surface area contributed by atoms with Crippen LogP contribution in [0.3, 0.4) is 0 Å². The van der Waals surface area contributed by atoms with Crippen molar-refractivity contribution in [1.82, 2.24) is 9.55 Å². The van der Waals surface area contributed by atoms with E-state index in [4.69, 9.17) is 4.42 Å². The predicted molar refractivity (Wildman–Crippen MR) is 103 cm³/mol. The molecule has 130 valence electrons. The second-order valence-electron chi connectivity index (χ2n) is 5.97. The molecule has 7 heteroatoms. The van der Waals surface area contributed by atoms with Crippen molar-refractivity contribution in [2.24, 2.45) is 0 Å². The third kappa shape index (κ3) is 2.90. The molecule has 0 unspecified atom stereocenters. The first-order chi connectivity index (χ1) is 12.5. The van der Waals surface area contributed by atoms with Gasteiger partial charge in [0.25, 0.3) is 5.56 Å². The number of amides is 1. The SMILES string of the molecule is Cc1ccc(NC(=O)Cn2cnc3c(oc4ccccc43)c2=O)cc1Br. The summed E-state index contributed by atoms with van der Waals surface area (Å²) in [7, 11) is 0. The zero-order valence-electron chi connectivity index (χ0n) is 13.8. The van der Waals surface area contributed by atoms with E-state index in [0.29, 0.717) is 16.8 Å². The second kappa shape index (κ2) is 6.42. The maximum atomic E-state index is 12.6. The highest BCUT2D eigenvalue weighted by Crippen LogP contribution is 2.24. The van der Waals surface area contributed by atoms with E-state index in [2.05, 4.69) is 26.2 Å². The Morgan fingerprint density at radius 1 is 1.27 bits per heavy atom. The fraction of sp³-hybridized carbons (Fsp3) is 0.105. The number of benzene rings is 2. The van der Waals surface area contributed by atoms with Gasteiger partial charge in [0.05, 0.1) is 6.33 Å². The molecule has 0 aliphatic rings. The Bertz CT molecular complexity index is 1210. The summed E-state index contributed by atoms with van der Waals surface area (Å²) < 4.78 is 7.76. The van der Waals surface area contributed by atoms with Gasteiger partial charge in [-0.3, -0.25) is 14.2 Å². The summed E-state index contributed by atoms with van der Waals surface area (Å²) in [6, 6.07) is 12.8. The molecule has 1 N–H and O–H groups in total. The van der Waals surface area contributed by atoms with Crippen LogP contribution >= 0.6 is 15.9 Å². The van der Waals surface area contributed by atoms with Crippen LogP contribution < -0.4 is 10.9 Å². The van der Waals surface area contributed by atoms with Crippen LogP contribution in [0.5, 0.6) is 0 Å². The number of anilines is 1. The lowest BCUT2D eigenvalue weighted by molar-refractivity contribution is -0.116. The molecule has 0 fully saturated rings. The van der Waals surface area contributed by atoms with Gasteiger partial charge in [0.1, 0.15) is 17.6 Å². The molecule has 2 aromatic heterocycles. The normalized spacial score (nSPS) is 11.2. The third-order valence-corrected chi connectivity index (χ3v) is 4.97. The lowest BCUT2D eigenvalue weighted by Gasteiger charge is -2.08. The molecular weight excluding hydrogens is 398 g/mol. The fourth-order valence-electron chi connectivity index (χ4n) is 2.75. The van der Waals surface area contributed by atoms with Crippen LogP contribution in [0.15, 0.2) is 62.5 Å². The zero-order valence-corrected chi connectivity index (χ0v) is 15.4. The molecule has 4 rings (SSSR count). The van der Waals surface area contributed by atoms with Gasteiger partial charge in [-0.1, -0.05) is 34.1 Å². The molecule has 0 spiro atoms. The van der Waals surface area contributed by atoms with E-state index in [1.54, 1.807) is 6.07 Å². The van der Waals surface area contributed by atoms with Crippen molar-refractivity contribution in [3.05, 3.63) is 69.2 Å². The molecule has 1 amide bonds. The Morgan fingerprint density at radius 3 is 2.88 bits per heavy atom. The number of rotatable bonds is 3. The number of nitrogens with zero attached hydrogens (tertiary/aromatic N) is 2. The van der Waals surface area contributed by atoms with Gasteiger partial charge >= 0.3 is 0 Å². The Labute approximate surface area is 156 Å². The summed E-state index contributed by atoms with van der Waals surface area (Å²) >= 11 is 3.43. The summed E-state index contributed by atoms with van der Waals surface area (Å²) in [6.45, 7) is 1.81. The van der Waals surface area contributed by atoms with Crippen LogP contribution in [0.2, 0.25) is 0 Å². The van der Waals surface area contributed by atoms with Crippen molar-refractivity contribution in [3.8, 4) is 0 Å². The van der Waals surface area contributed by atoms with Gasteiger partial charge in [-0.2, -0.15) is 0 Å². The Morgan fingerprint density at radius 2 is 2.08 bits per heavy atom. The van der Waals surface area contributed by atoms with E-state index >= 15 is 0 Å². The second-order valence-corrected chi connectivity index (χ2v) is 6.82. The summed E-state index contributed by atoms with van der Waals surface area (Å²) in [5, 5.41) is 3.55. The van der Waals surface area contributed by atoms with Crippen LogP contribution in [0.25, 0.3) is 22.1 Å². The number of hydrogen-bond donors (Lipinski definition) is 1. The van der Waals surface area contributed by atoms with Crippen molar-refractivity contribution in [2.75, 3.05) is 5.32 Å². The van der Waals surface area contributed by atoms with E-state index in [1.807, 2.05) is 43.3 Å². The highest BCUT2D eigenvalue weighted by molar-refractivity contribution is 9.10. The number of carbonyl (C=O) groups is 1. The number of aromatic nitrogens is 2. The van der Waals surface area contributed by atoms with Crippen molar-refractivity contribution < 1.29 is 9.21 Å². The topological polar surface area (TPSA) is 77.1 Å². The van der Waals surface area contributed by atoms with Gasteiger partial charge in [0.15, 0.2) is 0 Å². The monoisotopic (exact) mass is 411 g/mol. The molecular formula is C19H14BrN3O3. The molecule has 26 heavy (non-hydrogen) atoms. The minimum absolute atomic E-state index is 0.148. The average molecular weight is 412 g/mol. The van der Waals surface area contributed by atoms with Gasteiger partial charge in [-0.25, -0.2) is 4.98 Å². The predicted octanol–water partition coefficient (Wildman–Crippen LogP) is 3.85. The summed E-state index contributed by atoms with van der Waals surface area (Å²) in [5.41, 5.74) is 2.59. The maximum Gasteiger partial charge on any atom is 0.297 e. The van der Waals surface area contributed by atoms with Crippen molar-refractivity contribution in [1.29, 1.82) is 0 Å². The highest BCUT2D eigenvalue weighted by Gasteiger charge is 2.14. The lowest BCUT2D eigenvalue weighted by atomic mass is 10.2. The Balaban J connectivity index is 1.63. The quantitative estimate of drug-likeness (QED) is 0.555. The van der Waals surface area contributed by atoms with E-state index in [9.17, 15) is 9.59 Å². The molecule has 0 atom stereocenters. The zero-order chi connectivity index (χ0) is 18.3. The first-order valence-corrected chi connectivity index (χ1v) is 8.75. The van der Waals surface area contributed by atoms with Gasteiger partial charge in [-0.05, 0) is 36.8 Å². The van der Waals surface area contributed by atoms with Crippen LogP contribution in [0.1, 0.15) is 5.56 Å². The molecule has 0 aliphatic heterocycles. The number of furan rings is 1. The fourth-order valence-corrected chi connectivity index (χ4v) is 3.13. The molecule has 6 nitrogen and oxygen atoms in total. The summed E-state index contributed by atoms with van der Waals surface area (Å²) in [5.74, 6) is -0.319. The largest absolute Gasteiger partial charge is 0.448 e. The van der Waals surface area contributed by atoms with E-state index in [1.165, 1.54) is 10.9 Å². The van der Waals surface area contributed by atoms with E-state index < -0.39 is 0 Å². The number of nitrogens with one attached hydrogen (secondary N) is 1. The maximum absolute atomic E-state index is 12.6. The Hall–Kier alpha value is -2.93. The van der Waals surface area contributed by atoms with Crippen molar-refractivity contribution >= 4 is 49.6 Å².